The van der Waals surface area contributed by atoms with Crippen LogP contribution < -0.4 is 14.8 Å². The second-order valence-corrected chi connectivity index (χ2v) is 8.19. The van der Waals surface area contributed by atoms with Crippen LogP contribution in [0.25, 0.3) is 27.7 Å². The Bertz CT molecular complexity index is 1380. The number of anilines is 1. The van der Waals surface area contributed by atoms with E-state index >= 15 is 0 Å². The number of furan rings is 1. The van der Waals surface area contributed by atoms with E-state index in [1.165, 1.54) is 0 Å². The van der Waals surface area contributed by atoms with Gasteiger partial charge < -0.3 is 19.2 Å². The molecule has 5 heteroatoms. The lowest BCUT2D eigenvalue weighted by molar-refractivity contribution is -0.111. The van der Waals surface area contributed by atoms with Gasteiger partial charge in [0.25, 0.3) is 0 Å². The number of rotatable bonds is 7. The number of para-hydroxylation sites is 1. The van der Waals surface area contributed by atoms with Gasteiger partial charge in [0.1, 0.15) is 17.1 Å². The molecule has 0 aliphatic heterocycles. The highest BCUT2D eigenvalue weighted by Crippen LogP contribution is 2.40. The molecule has 174 valence electrons. The SMILES string of the molecule is CCOc1cc2occ(-c3ccccc3OC)c2cc1/C(C)=C/C(=O)Nc1cccc(C)c1C. The number of fused-ring (bicyclic) bond motifs is 1. The Labute approximate surface area is 200 Å². The molecule has 0 bridgehead atoms. The summed E-state index contributed by atoms with van der Waals surface area (Å²) in [6.45, 7) is 8.37. The van der Waals surface area contributed by atoms with E-state index in [1.54, 1.807) is 19.4 Å². The molecule has 5 nitrogen and oxygen atoms in total. The summed E-state index contributed by atoms with van der Waals surface area (Å²) < 4.78 is 17.3. The van der Waals surface area contributed by atoms with Gasteiger partial charge in [-0.05, 0) is 62.6 Å². The number of nitrogens with one attached hydrogen (secondary N) is 1. The molecular formula is C29H29NO4. The highest BCUT2D eigenvalue weighted by Gasteiger charge is 2.17. The number of aryl methyl sites for hydroxylation is 1. The van der Waals surface area contributed by atoms with Crippen LogP contribution >= 0.6 is 0 Å². The van der Waals surface area contributed by atoms with Crippen LogP contribution in [0.5, 0.6) is 11.5 Å². The Hall–Kier alpha value is -3.99. The molecule has 3 aromatic carbocycles. The number of hydrogen-bond acceptors (Lipinski definition) is 4. The summed E-state index contributed by atoms with van der Waals surface area (Å²) in [7, 11) is 1.65. The summed E-state index contributed by atoms with van der Waals surface area (Å²) in [6, 6.07) is 17.6. The van der Waals surface area contributed by atoms with Crippen LogP contribution in [-0.2, 0) is 4.79 Å². The molecule has 0 unspecified atom stereocenters. The zero-order valence-corrected chi connectivity index (χ0v) is 20.2. The number of ether oxygens (including phenoxy) is 2. The average Bonchev–Trinajstić information content (AvgIpc) is 3.24. The van der Waals surface area contributed by atoms with Crippen LogP contribution in [-0.4, -0.2) is 19.6 Å². The first-order chi connectivity index (χ1) is 16.4. The molecule has 0 atom stereocenters. The third-order valence-electron chi connectivity index (χ3n) is 6.01. The van der Waals surface area contributed by atoms with Crippen molar-refractivity contribution in [2.45, 2.75) is 27.7 Å². The molecule has 1 heterocycles. The second kappa shape index (κ2) is 9.87. The molecule has 4 rings (SSSR count). The van der Waals surface area contributed by atoms with Crippen molar-refractivity contribution in [1.82, 2.24) is 0 Å². The summed E-state index contributed by atoms with van der Waals surface area (Å²) in [5.74, 6) is 1.25. The normalized spacial score (nSPS) is 11.5. The molecule has 0 fully saturated rings. The quantitative estimate of drug-likeness (QED) is 0.300. The molecular weight excluding hydrogens is 426 g/mol. The predicted molar refractivity (Wildman–Crippen MR) is 138 cm³/mol. The minimum absolute atomic E-state index is 0.189. The van der Waals surface area contributed by atoms with E-state index in [9.17, 15) is 4.79 Å². The third-order valence-corrected chi connectivity index (χ3v) is 6.01. The third kappa shape index (κ3) is 4.55. The number of carbonyl (C=O) groups is 1. The summed E-state index contributed by atoms with van der Waals surface area (Å²) >= 11 is 0. The average molecular weight is 456 g/mol. The Morgan fingerprint density at radius 1 is 1.03 bits per heavy atom. The minimum atomic E-state index is -0.189. The molecule has 1 aromatic heterocycles. The van der Waals surface area contributed by atoms with Crippen molar-refractivity contribution in [3.63, 3.8) is 0 Å². The minimum Gasteiger partial charge on any atom is -0.496 e. The molecule has 0 aliphatic rings. The number of benzene rings is 3. The number of allylic oxidation sites excluding steroid dienone is 1. The van der Waals surface area contributed by atoms with Crippen molar-refractivity contribution < 1.29 is 18.7 Å². The molecule has 34 heavy (non-hydrogen) atoms. The lowest BCUT2D eigenvalue weighted by Crippen LogP contribution is -2.10. The van der Waals surface area contributed by atoms with Gasteiger partial charge in [-0.2, -0.15) is 0 Å². The smallest absolute Gasteiger partial charge is 0.248 e. The highest BCUT2D eigenvalue weighted by atomic mass is 16.5. The molecule has 1 amide bonds. The van der Waals surface area contributed by atoms with Crippen molar-refractivity contribution in [3.05, 3.63) is 83.6 Å². The van der Waals surface area contributed by atoms with Gasteiger partial charge in [-0.3, -0.25) is 4.79 Å². The van der Waals surface area contributed by atoms with Gasteiger partial charge in [-0.1, -0.05) is 30.3 Å². The van der Waals surface area contributed by atoms with Gasteiger partial charge >= 0.3 is 0 Å². The Morgan fingerprint density at radius 2 is 1.82 bits per heavy atom. The fourth-order valence-corrected chi connectivity index (χ4v) is 4.04. The fourth-order valence-electron chi connectivity index (χ4n) is 4.04. The molecule has 1 N–H and O–H groups in total. The molecule has 0 saturated heterocycles. The fraction of sp³-hybridized carbons (Fsp3) is 0.207. The van der Waals surface area contributed by atoms with Crippen LogP contribution in [0, 0.1) is 13.8 Å². The number of hydrogen-bond donors (Lipinski definition) is 1. The van der Waals surface area contributed by atoms with Crippen LogP contribution in [0.1, 0.15) is 30.5 Å². The van der Waals surface area contributed by atoms with Crippen molar-refractivity contribution in [2.75, 3.05) is 19.0 Å². The van der Waals surface area contributed by atoms with E-state index in [-0.39, 0.29) is 5.91 Å². The van der Waals surface area contributed by atoms with Crippen LogP contribution in [0.4, 0.5) is 5.69 Å². The highest BCUT2D eigenvalue weighted by molar-refractivity contribution is 6.06. The van der Waals surface area contributed by atoms with Crippen LogP contribution in [0.3, 0.4) is 0 Å². The first-order valence-electron chi connectivity index (χ1n) is 11.3. The zero-order valence-electron chi connectivity index (χ0n) is 20.2. The predicted octanol–water partition coefficient (Wildman–Crippen LogP) is 7.17. The number of methoxy groups -OCH3 is 1. The van der Waals surface area contributed by atoms with Crippen molar-refractivity contribution in [1.29, 1.82) is 0 Å². The van der Waals surface area contributed by atoms with Crippen LogP contribution in [0.2, 0.25) is 0 Å². The molecule has 0 radical (unpaired) electrons. The zero-order chi connectivity index (χ0) is 24.2. The largest absolute Gasteiger partial charge is 0.496 e. The maximum Gasteiger partial charge on any atom is 0.248 e. The Kier molecular flexibility index (Phi) is 6.73. The standard InChI is InChI=1S/C29H29NO4/c1-6-33-27-16-28-23(24(17-34-28)21-11-7-8-13-26(21)32-5)15-22(27)19(3)14-29(31)30-25-12-9-10-18(2)20(25)4/h7-17H,6H2,1-5H3,(H,30,31)/b19-14+. The number of amides is 1. The van der Waals surface area contributed by atoms with E-state index < -0.39 is 0 Å². The van der Waals surface area contributed by atoms with E-state index in [2.05, 4.69) is 5.32 Å². The Morgan fingerprint density at radius 3 is 2.59 bits per heavy atom. The summed E-state index contributed by atoms with van der Waals surface area (Å²) in [5, 5.41) is 3.92. The molecule has 4 aromatic rings. The van der Waals surface area contributed by atoms with Gasteiger partial charge in [0.2, 0.25) is 5.91 Å². The number of carbonyl (C=O) groups excluding carboxylic acids is 1. The maximum atomic E-state index is 12.9. The maximum absolute atomic E-state index is 12.9. The van der Waals surface area contributed by atoms with Crippen molar-refractivity contribution in [3.8, 4) is 22.6 Å². The van der Waals surface area contributed by atoms with Gasteiger partial charge in [0.15, 0.2) is 0 Å². The topological polar surface area (TPSA) is 60.7 Å². The Balaban J connectivity index is 1.76. The summed E-state index contributed by atoms with van der Waals surface area (Å²) in [4.78, 5) is 12.9. The van der Waals surface area contributed by atoms with Gasteiger partial charge in [0.05, 0.1) is 20.0 Å². The van der Waals surface area contributed by atoms with E-state index in [0.717, 1.165) is 50.2 Å². The van der Waals surface area contributed by atoms with E-state index in [1.807, 2.05) is 82.3 Å². The van der Waals surface area contributed by atoms with Crippen molar-refractivity contribution >= 4 is 28.1 Å². The van der Waals surface area contributed by atoms with Gasteiger partial charge in [0, 0.05) is 39.9 Å². The molecule has 0 saturated carbocycles. The monoisotopic (exact) mass is 455 g/mol. The summed E-state index contributed by atoms with van der Waals surface area (Å²) in [5.41, 5.74) is 7.19. The first kappa shape index (κ1) is 23.2. The van der Waals surface area contributed by atoms with Gasteiger partial charge in [-0.15, -0.1) is 0 Å². The van der Waals surface area contributed by atoms with E-state index in [0.29, 0.717) is 17.9 Å². The second-order valence-electron chi connectivity index (χ2n) is 8.19. The summed E-state index contributed by atoms with van der Waals surface area (Å²) in [6.07, 6.45) is 3.34. The van der Waals surface area contributed by atoms with E-state index in [4.69, 9.17) is 13.9 Å². The lowest BCUT2D eigenvalue weighted by atomic mass is 9.98. The molecule has 0 aliphatic carbocycles. The lowest BCUT2D eigenvalue weighted by Gasteiger charge is -2.13. The molecule has 0 spiro atoms. The van der Waals surface area contributed by atoms with Crippen molar-refractivity contribution in [2.24, 2.45) is 0 Å². The van der Waals surface area contributed by atoms with Crippen LogP contribution in [0.15, 0.2) is 71.4 Å². The van der Waals surface area contributed by atoms with Gasteiger partial charge in [-0.25, -0.2) is 0 Å². The first-order valence-corrected chi connectivity index (χ1v) is 11.3.